The third-order valence-corrected chi connectivity index (χ3v) is 7.93. The van der Waals surface area contributed by atoms with E-state index < -0.39 is 53.1 Å². The van der Waals surface area contributed by atoms with Crippen LogP contribution >= 0.6 is 0 Å². The van der Waals surface area contributed by atoms with E-state index in [9.17, 15) is 27.2 Å². The molecular formula is C29H31F4N5O3. The van der Waals surface area contributed by atoms with Crippen LogP contribution in [0.3, 0.4) is 0 Å². The van der Waals surface area contributed by atoms with Gasteiger partial charge in [-0.05, 0) is 38.3 Å². The highest BCUT2D eigenvalue weighted by atomic mass is 19.1. The number of carbonyl (C=O) groups is 2. The van der Waals surface area contributed by atoms with Crippen molar-refractivity contribution in [1.29, 1.82) is 0 Å². The molecule has 3 atom stereocenters. The lowest BCUT2D eigenvalue weighted by Gasteiger charge is -2.43. The summed E-state index contributed by atoms with van der Waals surface area (Å²) in [6, 6.07) is 3.85. The molecule has 12 heteroatoms. The Morgan fingerprint density at radius 1 is 1.00 bits per heavy atom. The molecular weight excluding hydrogens is 542 g/mol. The highest BCUT2D eigenvalue weighted by Crippen LogP contribution is 2.29. The molecule has 1 unspecified atom stereocenters. The fourth-order valence-electron chi connectivity index (χ4n) is 5.77. The van der Waals surface area contributed by atoms with Crippen molar-refractivity contribution < 1.29 is 31.7 Å². The van der Waals surface area contributed by atoms with Crippen LogP contribution in [-0.4, -0.2) is 52.0 Å². The van der Waals surface area contributed by atoms with Gasteiger partial charge in [0.1, 0.15) is 23.3 Å². The number of aromatic nitrogens is 2. The molecule has 41 heavy (non-hydrogen) atoms. The lowest BCUT2D eigenvalue weighted by molar-refractivity contribution is -0.128. The average molecular weight is 574 g/mol. The van der Waals surface area contributed by atoms with Gasteiger partial charge in [-0.3, -0.25) is 19.5 Å². The zero-order valence-electron chi connectivity index (χ0n) is 22.5. The summed E-state index contributed by atoms with van der Waals surface area (Å²) < 4.78 is 60.3. The van der Waals surface area contributed by atoms with E-state index in [0.717, 1.165) is 37.9 Å². The summed E-state index contributed by atoms with van der Waals surface area (Å²) in [7, 11) is 0. The molecule has 2 amide bonds. The number of halogens is 4. The molecule has 0 spiro atoms. The van der Waals surface area contributed by atoms with Crippen LogP contribution in [0.1, 0.15) is 67.7 Å². The van der Waals surface area contributed by atoms with Crippen LogP contribution < -0.4 is 10.6 Å². The molecule has 1 aliphatic carbocycles. The summed E-state index contributed by atoms with van der Waals surface area (Å²) >= 11 is 0. The SMILES string of the molecule is CC(NC(=O)[C@@H]1CN(C2CCCCC2)CC[C@H]1NC(=O)c1cc(-c2ccc(F)cc2F)on1)c1ncc(F)cc1F. The monoisotopic (exact) mass is 573 g/mol. The fourth-order valence-corrected chi connectivity index (χ4v) is 5.77. The van der Waals surface area contributed by atoms with Crippen LogP contribution in [-0.2, 0) is 4.79 Å². The van der Waals surface area contributed by atoms with Crippen LogP contribution in [0.25, 0.3) is 11.3 Å². The molecule has 2 aromatic heterocycles. The molecule has 3 heterocycles. The van der Waals surface area contributed by atoms with Gasteiger partial charge in [-0.15, -0.1) is 0 Å². The van der Waals surface area contributed by atoms with Gasteiger partial charge in [-0.1, -0.05) is 24.4 Å². The summed E-state index contributed by atoms with van der Waals surface area (Å²) in [4.78, 5) is 32.8. The van der Waals surface area contributed by atoms with E-state index in [4.69, 9.17) is 4.52 Å². The normalized spacial score (nSPS) is 20.9. The molecule has 3 aromatic rings. The van der Waals surface area contributed by atoms with Crippen molar-refractivity contribution in [3.8, 4) is 11.3 Å². The van der Waals surface area contributed by atoms with Crippen molar-refractivity contribution in [3.05, 3.63) is 71.2 Å². The number of likely N-dealkylation sites (tertiary alicyclic amines) is 1. The van der Waals surface area contributed by atoms with Gasteiger partial charge in [-0.25, -0.2) is 17.6 Å². The Kier molecular flexibility index (Phi) is 8.67. The highest BCUT2D eigenvalue weighted by molar-refractivity contribution is 5.94. The first-order valence-corrected chi connectivity index (χ1v) is 13.8. The van der Waals surface area contributed by atoms with Crippen LogP contribution in [0.4, 0.5) is 17.6 Å². The van der Waals surface area contributed by atoms with E-state index in [-0.39, 0.29) is 22.7 Å². The van der Waals surface area contributed by atoms with E-state index >= 15 is 0 Å². The number of piperidine rings is 1. The number of benzene rings is 1. The van der Waals surface area contributed by atoms with E-state index in [1.807, 2.05) is 0 Å². The Hall–Kier alpha value is -3.80. The van der Waals surface area contributed by atoms with Crippen LogP contribution in [0.15, 0.2) is 41.1 Å². The number of nitrogens with zero attached hydrogens (tertiary/aromatic N) is 3. The minimum Gasteiger partial charge on any atom is -0.355 e. The largest absolute Gasteiger partial charge is 0.355 e. The predicted molar refractivity (Wildman–Crippen MR) is 140 cm³/mol. The molecule has 5 rings (SSSR count). The van der Waals surface area contributed by atoms with Gasteiger partial charge in [0.2, 0.25) is 5.91 Å². The van der Waals surface area contributed by atoms with Crippen LogP contribution in [0.2, 0.25) is 0 Å². The molecule has 1 saturated carbocycles. The van der Waals surface area contributed by atoms with E-state index in [0.29, 0.717) is 37.7 Å². The number of hydrogen-bond acceptors (Lipinski definition) is 6. The molecule has 218 valence electrons. The van der Waals surface area contributed by atoms with Crippen molar-refractivity contribution >= 4 is 11.8 Å². The minimum atomic E-state index is -0.866. The van der Waals surface area contributed by atoms with Gasteiger partial charge < -0.3 is 15.2 Å². The van der Waals surface area contributed by atoms with Gasteiger partial charge in [0.25, 0.3) is 5.91 Å². The molecule has 1 saturated heterocycles. The molecule has 2 aliphatic rings. The lowest BCUT2D eigenvalue weighted by Crippen LogP contribution is -2.58. The summed E-state index contributed by atoms with van der Waals surface area (Å²) in [6.45, 7) is 2.62. The molecule has 1 aromatic carbocycles. The summed E-state index contributed by atoms with van der Waals surface area (Å²) in [5.74, 6) is -5.03. The maximum atomic E-state index is 14.3. The first-order valence-electron chi connectivity index (χ1n) is 13.8. The average Bonchev–Trinajstić information content (AvgIpc) is 3.44. The number of hydrogen-bond donors (Lipinski definition) is 2. The van der Waals surface area contributed by atoms with Gasteiger partial charge in [0.05, 0.1) is 29.4 Å². The van der Waals surface area contributed by atoms with E-state index in [1.54, 1.807) is 6.92 Å². The second kappa shape index (κ2) is 12.4. The summed E-state index contributed by atoms with van der Waals surface area (Å²) in [5.41, 5.74) is -0.265. The Labute approximate surface area is 234 Å². The Morgan fingerprint density at radius 2 is 1.76 bits per heavy atom. The lowest BCUT2D eigenvalue weighted by atomic mass is 9.86. The number of nitrogens with one attached hydrogen (secondary N) is 2. The zero-order valence-corrected chi connectivity index (χ0v) is 22.5. The fraction of sp³-hybridized carbons (Fsp3) is 0.448. The third kappa shape index (κ3) is 6.58. The number of carbonyl (C=O) groups excluding carboxylic acids is 2. The molecule has 8 nitrogen and oxygen atoms in total. The standard InChI is InChI=1S/C29H31F4N5O3/c1-16(27-23(33)12-18(31)14-34-27)35-28(39)21-15-38(19-5-3-2-4-6-19)10-9-24(21)36-29(40)25-13-26(41-37-25)20-8-7-17(30)11-22(20)32/h7-8,11-14,16,19,21,24H,2-6,9-10,15H2,1H3,(H,35,39)(H,36,40)/t16?,21-,24-/m1/s1. The van der Waals surface area contributed by atoms with E-state index in [2.05, 4.69) is 25.7 Å². The maximum Gasteiger partial charge on any atom is 0.273 e. The summed E-state index contributed by atoms with van der Waals surface area (Å²) in [5, 5.41) is 9.39. The quantitative estimate of drug-likeness (QED) is 0.389. The molecule has 1 aliphatic heterocycles. The number of amides is 2. The third-order valence-electron chi connectivity index (χ3n) is 7.93. The van der Waals surface area contributed by atoms with Crippen LogP contribution in [0.5, 0.6) is 0 Å². The smallest absolute Gasteiger partial charge is 0.273 e. The maximum absolute atomic E-state index is 14.3. The first-order chi connectivity index (χ1) is 19.7. The van der Waals surface area contributed by atoms with Gasteiger partial charge in [-0.2, -0.15) is 0 Å². The predicted octanol–water partition coefficient (Wildman–Crippen LogP) is 4.92. The second-order valence-corrected chi connectivity index (χ2v) is 10.7. The zero-order chi connectivity index (χ0) is 29.1. The van der Waals surface area contributed by atoms with Gasteiger partial charge in [0.15, 0.2) is 11.5 Å². The molecule has 0 bridgehead atoms. The molecule has 0 radical (unpaired) electrons. The first kappa shape index (κ1) is 28.7. The second-order valence-electron chi connectivity index (χ2n) is 10.7. The Balaban J connectivity index is 1.32. The highest BCUT2D eigenvalue weighted by Gasteiger charge is 2.39. The van der Waals surface area contributed by atoms with Gasteiger partial charge in [0, 0.05) is 43.4 Å². The van der Waals surface area contributed by atoms with Gasteiger partial charge >= 0.3 is 0 Å². The van der Waals surface area contributed by atoms with Crippen molar-refractivity contribution in [1.82, 2.24) is 25.7 Å². The number of rotatable bonds is 7. The van der Waals surface area contributed by atoms with Crippen molar-refractivity contribution in [2.24, 2.45) is 5.92 Å². The Bertz CT molecular complexity index is 1410. The number of pyridine rings is 1. The van der Waals surface area contributed by atoms with Crippen molar-refractivity contribution in [2.45, 2.75) is 63.6 Å². The minimum absolute atomic E-state index is 0.0447. The van der Waals surface area contributed by atoms with Crippen molar-refractivity contribution in [2.75, 3.05) is 13.1 Å². The summed E-state index contributed by atoms with van der Waals surface area (Å²) in [6.07, 6.45) is 6.86. The Morgan fingerprint density at radius 3 is 2.49 bits per heavy atom. The molecule has 2 N–H and O–H groups in total. The van der Waals surface area contributed by atoms with Crippen molar-refractivity contribution in [3.63, 3.8) is 0 Å². The topological polar surface area (TPSA) is 100 Å². The molecule has 2 fully saturated rings. The van der Waals surface area contributed by atoms with Crippen LogP contribution in [0, 0.1) is 29.2 Å². The van der Waals surface area contributed by atoms with E-state index in [1.165, 1.54) is 18.6 Å².